The lowest BCUT2D eigenvalue weighted by atomic mass is 10.1. The first-order valence-corrected chi connectivity index (χ1v) is 15.6. The zero-order valence-corrected chi connectivity index (χ0v) is 24.6. The Hall–Kier alpha value is -4.99. The number of benzene rings is 3. The summed E-state index contributed by atoms with van der Waals surface area (Å²) in [6.45, 7) is 3.84. The van der Waals surface area contributed by atoms with Crippen molar-refractivity contribution in [2.45, 2.75) is 31.7 Å². The number of unbranched alkanes of at least 4 members (excludes halogenated alkanes) is 1. The summed E-state index contributed by atoms with van der Waals surface area (Å²) in [6.07, 6.45) is 4.48. The number of rotatable bonds is 13. The molecule has 4 aromatic rings. The topological polar surface area (TPSA) is 151 Å². The van der Waals surface area contributed by atoms with Crippen LogP contribution in [0.25, 0.3) is 17.5 Å². The Morgan fingerprint density at radius 1 is 1.02 bits per heavy atom. The van der Waals surface area contributed by atoms with E-state index in [2.05, 4.69) is 21.9 Å². The maximum absolute atomic E-state index is 13.8. The molecule has 226 valence electrons. The molecule has 3 aromatic carbocycles. The van der Waals surface area contributed by atoms with Crippen molar-refractivity contribution in [1.29, 1.82) is 0 Å². The maximum Gasteiger partial charge on any atom is 0.408 e. The van der Waals surface area contributed by atoms with E-state index in [0.29, 0.717) is 28.9 Å². The number of hydrogen-bond donors (Lipinski definition) is 3. The van der Waals surface area contributed by atoms with Gasteiger partial charge >= 0.3 is 13.7 Å². The summed E-state index contributed by atoms with van der Waals surface area (Å²) in [5.74, 6) is -1.64. The number of fused-ring (bicyclic) bond motifs is 1. The molecule has 2 heterocycles. The minimum atomic E-state index is -4.59. The van der Waals surface area contributed by atoms with Crippen LogP contribution in [0.2, 0.25) is 0 Å². The third kappa shape index (κ3) is 6.96. The molecule has 0 radical (unpaired) electrons. The van der Waals surface area contributed by atoms with Crippen LogP contribution in [0.3, 0.4) is 0 Å². The zero-order valence-electron chi connectivity index (χ0n) is 23.7. The van der Waals surface area contributed by atoms with E-state index < -0.39 is 19.5 Å². The van der Waals surface area contributed by atoms with Crippen LogP contribution >= 0.6 is 7.60 Å². The number of nitrogens with zero attached hydrogens (tertiary/aromatic N) is 2. The molecule has 5 rings (SSSR count). The zero-order chi connectivity index (χ0) is 31.1. The van der Waals surface area contributed by atoms with Crippen molar-refractivity contribution in [2.24, 2.45) is 0 Å². The first-order valence-electron chi connectivity index (χ1n) is 14.0. The van der Waals surface area contributed by atoms with Crippen LogP contribution < -0.4 is 9.84 Å². The van der Waals surface area contributed by atoms with Crippen molar-refractivity contribution in [1.82, 2.24) is 20.2 Å². The van der Waals surface area contributed by atoms with Gasteiger partial charge < -0.3 is 24.5 Å². The summed E-state index contributed by atoms with van der Waals surface area (Å²) in [5, 5.41) is 2.50. The lowest BCUT2D eigenvalue weighted by Gasteiger charge is -2.25. The van der Waals surface area contributed by atoms with Crippen LogP contribution in [-0.2, 0) is 15.9 Å². The Labute approximate surface area is 254 Å². The molecule has 3 N–H and O–H groups in total. The number of carbonyl (C=O) groups excluding carboxylic acids is 3. The van der Waals surface area contributed by atoms with Gasteiger partial charge in [-0.1, -0.05) is 61.2 Å². The Balaban J connectivity index is 1.29. The predicted molar refractivity (Wildman–Crippen MR) is 164 cm³/mol. The summed E-state index contributed by atoms with van der Waals surface area (Å²) >= 11 is 0. The number of alkyl carbamates (subject to hydrolysis) is 1. The number of hydrogen-bond acceptors (Lipinski definition) is 7. The van der Waals surface area contributed by atoms with Gasteiger partial charge in [0.05, 0.1) is 16.7 Å². The van der Waals surface area contributed by atoms with Crippen LogP contribution in [-0.4, -0.2) is 50.0 Å². The molecule has 0 spiro atoms. The largest absolute Gasteiger partial charge is 0.445 e. The van der Waals surface area contributed by atoms with Gasteiger partial charge in [-0.3, -0.25) is 14.5 Å². The molecular weight excluding hydrogens is 583 g/mol. The van der Waals surface area contributed by atoms with Crippen LogP contribution in [0.4, 0.5) is 4.79 Å². The Bertz CT molecular complexity index is 1670. The third-order valence-electron chi connectivity index (χ3n) is 7.10. The number of amides is 3. The highest BCUT2D eigenvalue weighted by atomic mass is 31.2. The second-order valence-electron chi connectivity index (χ2n) is 10.1. The smallest absolute Gasteiger partial charge is 0.408 e. The summed E-state index contributed by atoms with van der Waals surface area (Å²) in [4.78, 5) is 57.8. The number of aromatic nitrogens is 2. The maximum atomic E-state index is 13.8. The van der Waals surface area contributed by atoms with E-state index in [-0.39, 0.29) is 43.6 Å². The molecule has 2 unspecified atom stereocenters. The van der Waals surface area contributed by atoms with Crippen LogP contribution in [0.15, 0.2) is 91.8 Å². The van der Waals surface area contributed by atoms with Crippen molar-refractivity contribution in [3.63, 3.8) is 0 Å². The van der Waals surface area contributed by atoms with Crippen molar-refractivity contribution >= 4 is 31.6 Å². The van der Waals surface area contributed by atoms with Crippen LogP contribution in [0.5, 0.6) is 5.75 Å². The SMILES string of the molecule is C=Cc1ccc(OP(=O)(O)C(CCCCN2C(=O)c3ccccc3C2=O)NC(=O)OCc2ccccc2)c(-c2ncc[nH]2)c1. The van der Waals surface area contributed by atoms with Crippen LogP contribution in [0.1, 0.15) is 51.1 Å². The average Bonchev–Trinajstić information content (AvgIpc) is 3.65. The molecule has 1 aromatic heterocycles. The second kappa shape index (κ2) is 13.5. The van der Waals surface area contributed by atoms with Gasteiger partial charge in [0.25, 0.3) is 11.8 Å². The fourth-order valence-electron chi connectivity index (χ4n) is 4.82. The van der Waals surface area contributed by atoms with Crippen molar-refractivity contribution in [3.8, 4) is 17.1 Å². The van der Waals surface area contributed by atoms with E-state index in [9.17, 15) is 23.8 Å². The molecule has 11 nitrogen and oxygen atoms in total. The first kappa shape index (κ1) is 30.5. The number of H-pyrrole nitrogens is 1. The lowest BCUT2D eigenvalue weighted by molar-refractivity contribution is 0.0651. The van der Waals surface area contributed by atoms with E-state index in [1.807, 2.05) is 6.07 Å². The van der Waals surface area contributed by atoms with Crippen molar-refractivity contribution in [3.05, 3.63) is 114 Å². The van der Waals surface area contributed by atoms with Gasteiger partial charge in [-0.25, -0.2) is 14.3 Å². The Kier molecular flexibility index (Phi) is 9.38. The number of imidazole rings is 1. The standard InChI is InChI=1S/C32H31N4O7P/c1-2-22-15-16-27(26(20-22)29-33-17-18-34-29)43-44(40,41)28(35-32(39)42-21-23-10-4-3-5-11-23)14-8-9-19-36-30(37)24-12-6-7-13-25(24)31(36)38/h2-7,10-13,15-18,20,28H,1,8-9,14,19,21H2,(H,33,34)(H,35,39)(H,40,41). The minimum absolute atomic E-state index is 0.00178. The van der Waals surface area contributed by atoms with Crippen LogP contribution in [0, 0.1) is 0 Å². The number of nitrogens with one attached hydrogen (secondary N) is 2. The molecule has 1 aliphatic heterocycles. The molecule has 0 saturated heterocycles. The normalized spacial score (nSPS) is 14.4. The average molecular weight is 615 g/mol. The van der Waals surface area contributed by atoms with Crippen molar-refractivity contribution < 1.29 is 33.1 Å². The highest BCUT2D eigenvalue weighted by Gasteiger charge is 2.37. The molecule has 1 aliphatic rings. The number of imide groups is 1. The molecule has 0 saturated carbocycles. The fraction of sp³-hybridized carbons (Fsp3) is 0.188. The molecule has 3 amide bonds. The fourth-order valence-corrected chi connectivity index (χ4v) is 6.17. The summed E-state index contributed by atoms with van der Waals surface area (Å²) < 4.78 is 24.8. The number of carbonyl (C=O) groups is 3. The van der Waals surface area contributed by atoms with Gasteiger partial charge in [-0.2, -0.15) is 0 Å². The number of ether oxygens (including phenoxy) is 1. The predicted octanol–water partition coefficient (Wildman–Crippen LogP) is 6.00. The molecule has 0 bridgehead atoms. The second-order valence-corrected chi connectivity index (χ2v) is 12.0. The molecular formula is C32H31N4O7P. The van der Waals surface area contributed by atoms with Gasteiger partial charge in [0.1, 0.15) is 24.0 Å². The molecule has 2 atom stereocenters. The monoisotopic (exact) mass is 614 g/mol. The highest BCUT2D eigenvalue weighted by Crippen LogP contribution is 2.50. The third-order valence-corrected chi connectivity index (χ3v) is 8.73. The lowest BCUT2D eigenvalue weighted by Crippen LogP contribution is -2.36. The van der Waals surface area contributed by atoms with E-state index in [4.69, 9.17) is 9.26 Å². The van der Waals surface area contributed by atoms with Gasteiger partial charge in [0.15, 0.2) is 0 Å². The molecule has 12 heteroatoms. The Morgan fingerprint density at radius 2 is 1.73 bits per heavy atom. The van der Waals surface area contributed by atoms with E-state index in [0.717, 1.165) is 16.0 Å². The van der Waals surface area contributed by atoms with Gasteiger partial charge in [0, 0.05) is 18.9 Å². The minimum Gasteiger partial charge on any atom is -0.445 e. The molecule has 0 aliphatic carbocycles. The van der Waals surface area contributed by atoms with Gasteiger partial charge in [-0.05, 0) is 54.7 Å². The Morgan fingerprint density at radius 3 is 2.39 bits per heavy atom. The summed E-state index contributed by atoms with van der Waals surface area (Å²) in [6, 6.07) is 20.5. The van der Waals surface area contributed by atoms with E-state index in [1.165, 1.54) is 6.07 Å². The van der Waals surface area contributed by atoms with Gasteiger partial charge in [-0.15, -0.1) is 0 Å². The summed E-state index contributed by atoms with van der Waals surface area (Å²) in [5.41, 5.74) is 2.61. The highest BCUT2D eigenvalue weighted by molar-refractivity contribution is 7.54. The quantitative estimate of drug-likeness (QED) is 0.0942. The van der Waals surface area contributed by atoms with Gasteiger partial charge in [0.2, 0.25) is 0 Å². The molecule has 44 heavy (non-hydrogen) atoms. The molecule has 0 fully saturated rings. The van der Waals surface area contributed by atoms with Crippen molar-refractivity contribution in [2.75, 3.05) is 6.54 Å². The first-order chi connectivity index (χ1) is 21.3. The van der Waals surface area contributed by atoms with E-state index >= 15 is 0 Å². The number of aromatic amines is 1. The summed E-state index contributed by atoms with van der Waals surface area (Å²) in [7, 11) is -4.59. The van der Waals surface area contributed by atoms with E-state index in [1.54, 1.807) is 79.1 Å².